The first kappa shape index (κ1) is 55.1. The fourth-order valence-electron chi connectivity index (χ4n) is 7.76. The van der Waals surface area contributed by atoms with Gasteiger partial charge in [-0.25, -0.2) is 9.78 Å². The third-order valence-corrected chi connectivity index (χ3v) is 11.6. The third-order valence-electron chi connectivity index (χ3n) is 11.6. The molecule has 1 aliphatic carbocycles. The van der Waals surface area contributed by atoms with Crippen LogP contribution < -0.4 is 42.0 Å². The van der Waals surface area contributed by atoms with E-state index in [9.17, 15) is 43.2 Å². The number of ether oxygens (including phenoxy) is 1. The summed E-state index contributed by atoms with van der Waals surface area (Å²) in [7, 11) is 4.55. The number of benzene rings is 2. The lowest BCUT2D eigenvalue weighted by atomic mass is 9.83. The summed E-state index contributed by atoms with van der Waals surface area (Å²) in [4.78, 5) is 131. The monoisotopic (exact) mass is 970 g/mol. The first-order valence-electron chi connectivity index (χ1n) is 23.5. The zero-order valence-electron chi connectivity index (χ0n) is 40.7. The van der Waals surface area contributed by atoms with E-state index in [0.717, 1.165) is 32.1 Å². The molecule has 1 aliphatic rings. The summed E-state index contributed by atoms with van der Waals surface area (Å²) < 4.78 is 5.18. The van der Waals surface area contributed by atoms with Gasteiger partial charge in [-0.15, -0.1) is 0 Å². The van der Waals surface area contributed by atoms with Crippen molar-refractivity contribution in [3.63, 3.8) is 0 Å². The van der Waals surface area contributed by atoms with Gasteiger partial charge in [0.05, 0.1) is 25.9 Å². The second-order valence-electron chi connectivity index (χ2n) is 17.5. The fraction of sp³-hybridized carbons (Fsp3) is 0.490. The molecular weight excluding hydrogens is 903 g/mol. The molecule has 21 heteroatoms. The normalized spacial score (nSPS) is 14.0. The highest BCUT2D eigenvalue weighted by Gasteiger charge is 2.35. The molecule has 7 N–H and O–H groups in total. The quantitative estimate of drug-likeness (QED) is 0.0603. The van der Waals surface area contributed by atoms with Crippen molar-refractivity contribution < 1.29 is 47.9 Å². The zero-order chi connectivity index (χ0) is 51.2. The molecule has 1 fully saturated rings. The van der Waals surface area contributed by atoms with E-state index in [0.29, 0.717) is 23.4 Å². The fourth-order valence-corrected chi connectivity index (χ4v) is 7.76. The molecule has 378 valence electrons. The number of aromatic nitrogens is 2. The molecule has 1 saturated carbocycles. The number of hydrogen-bond acceptors (Lipinski definition) is 12. The van der Waals surface area contributed by atoms with Gasteiger partial charge in [-0.2, -0.15) is 0 Å². The molecule has 0 unspecified atom stereocenters. The van der Waals surface area contributed by atoms with Crippen molar-refractivity contribution in [2.24, 2.45) is 11.8 Å². The maximum Gasteiger partial charge on any atom is 0.321 e. The molecule has 0 saturated heterocycles. The van der Waals surface area contributed by atoms with Crippen LogP contribution in [-0.2, 0) is 33.6 Å². The van der Waals surface area contributed by atoms with Crippen LogP contribution in [0.4, 0.5) is 10.5 Å². The van der Waals surface area contributed by atoms with E-state index in [4.69, 9.17) is 4.74 Å². The predicted molar refractivity (Wildman–Crippen MR) is 259 cm³/mol. The zero-order valence-corrected chi connectivity index (χ0v) is 40.7. The standard InChI is InChI=1S/C49H67N11O10/c1-7-14-36(43(63)47(67)53-30-39(62)56-42(48(68)59(4)5)33-19-21-35(70-6)22-20-33)55-38(61)23-27-60(49(69)54-34-17-12-9-13-18-34)28-26-52-45(65)40(31(2)3)57-46(66)41(32-15-10-8-11-16-32)58-44(64)37-29-50-24-25-51-37/h9,12-13,17-22,24-25,29,31-32,36,40-42H,7-8,10-11,14-16,23,26-28,30H2,1-6H3,(H,52,65)(H,53,67)(H,54,69)(H,55,61)(H,56,62)(H,57,66)(H,58,64)/t36-,40-,41-,42-/m0/s1. The van der Waals surface area contributed by atoms with Gasteiger partial charge in [0, 0.05) is 58.2 Å². The van der Waals surface area contributed by atoms with Gasteiger partial charge < -0.3 is 51.8 Å². The lowest BCUT2D eigenvalue weighted by Gasteiger charge is -2.32. The molecule has 0 aliphatic heterocycles. The summed E-state index contributed by atoms with van der Waals surface area (Å²) in [5.74, 6) is -5.52. The molecule has 0 bridgehead atoms. The minimum absolute atomic E-state index is 0.0557. The average Bonchev–Trinajstić information content (AvgIpc) is 3.36. The summed E-state index contributed by atoms with van der Waals surface area (Å²) in [5.41, 5.74) is 0.993. The number of Topliss-reactive ketones (excluding diaryl/α,β-unsaturated/α-hetero) is 1. The van der Waals surface area contributed by atoms with E-state index in [-0.39, 0.29) is 50.0 Å². The van der Waals surface area contributed by atoms with Crippen molar-refractivity contribution in [2.75, 3.05) is 52.7 Å². The van der Waals surface area contributed by atoms with Gasteiger partial charge in [0.2, 0.25) is 35.3 Å². The number of rotatable bonds is 25. The van der Waals surface area contributed by atoms with Crippen LogP contribution in [0.3, 0.4) is 0 Å². The van der Waals surface area contributed by atoms with Gasteiger partial charge in [0.1, 0.15) is 29.6 Å². The molecule has 2 aromatic carbocycles. The van der Waals surface area contributed by atoms with Crippen LogP contribution in [-0.4, -0.2) is 138 Å². The predicted octanol–water partition coefficient (Wildman–Crippen LogP) is 2.26. The highest BCUT2D eigenvalue weighted by Crippen LogP contribution is 2.27. The number of ketones is 1. The number of urea groups is 1. The minimum atomic E-state index is -1.25. The van der Waals surface area contributed by atoms with Gasteiger partial charge in [-0.3, -0.25) is 43.3 Å². The van der Waals surface area contributed by atoms with E-state index < -0.39 is 83.9 Å². The van der Waals surface area contributed by atoms with Crippen molar-refractivity contribution >= 4 is 58.9 Å². The average molecular weight is 970 g/mol. The van der Waals surface area contributed by atoms with Crippen LogP contribution in [0.5, 0.6) is 5.75 Å². The van der Waals surface area contributed by atoms with Gasteiger partial charge in [0.15, 0.2) is 0 Å². The van der Waals surface area contributed by atoms with Gasteiger partial charge in [-0.05, 0) is 60.9 Å². The summed E-state index contributed by atoms with van der Waals surface area (Å²) >= 11 is 0. The number of anilines is 1. The molecule has 4 atom stereocenters. The number of methoxy groups -OCH3 is 1. The smallest absolute Gasteiger partial charge is 0.321 e. The Hall–Kier alpha value is -7.45. The number of nitrogens with zero attached hydrogens (tertiary/aromatic N) is 4. The Morgan fingerprint density at radius 2 is 1.49 bits per heavy atom. The van der Waals surface area contributed by atoms with Crippen molar-refractivity contribution in [3.8, 4) is 5.75 Å². The second kappa shape index (κ2) is 28.1. The van der Waals surface area contributed by atoms with Crippen molar-refractivity contribution in [1.82, 2.24) is 51.7 Å². The number of para-hydroxylation sites is 1. The molecule has 0 radical (unpaired) electrons. The highest BCUT2D eigenvalue weighted by atomic mass is 16.5. The molecule has 21 nitrogen and oxygen atoms in total. The Morgan fingerprint density at radius 3 is 2.10 bits per heavy atom. The number of likely N-dealkylation sites (N-methyl/N-ethyl adjacent to an activating group) is 1. The van der Waals surface area contributed by atoms with Crippen LogP contribution in [0.2, 0.25) is 0 Å². The van der Waals surface area contributed by atoms with Crippen LogP contribution >= 0.6 is 0 Å². The SMILES string of the molecule is CCC[C@H](NC(=O)CCN(CCNC(=O)[C@@H](NC(=O)[C@@H](NC(=O)c1cnccn1)C1CCCCC1)C(C)C)C(=O)Nc1ccccc1)C(=O)C(=O)NCC(=O)N[C@H](C(=O)N(C)C)c1ccc(OC)cc1. The molecule has 70 heavy (non-hydrogen) atoms. The maximum atomic E-state index is 13.9. The summed E-state index contributed by atoms with van der Waals surface area (Å²) in [5, 5.41) is 18.7. The molecule has 1 heterocycles. The van der Waals surface area contributed by atoms with Crippen LogP contribution in [0, 0.1) is 11.8 Å². The van der Waals surface area contributed by atoms with Gasteiger partial charge in [-0.1, -0.05) is 76.8 Å². The molecule has 1 aromatic heterocycles. The van der Waals surface area contributed by atoms with Gasteiger partial charge in [0.25, 0.3) is 11.8 Å². The topological polar surface area (TPSA) is 279 Å². The molecule has 4 rings (SSSR count). The van der Waals surface area contributed by atoms with E-state index in [1.807, 2.05) is 0 Å². The maximum absolute atomic E-state index is 13.9. The Morgan fingerprint density at radius 1 is 0.786 bits per heavy atom. The molecular formula is C49H67N11O10. The summed E-state index contributed by atoms with van der Waals surface area (Å²) in [6.45, 7) is 4.34. The Labute approximate surface area is 408 Å². The molecule has 9 amide bonds. The summed E-state index contributed by atoms with van der Waals surface area (Å²) in [6.07, 6.45) is 8.57. The summed E-state index contributed by atoms with van der Waals surface area (Å²) in [6, 6.07) is 10.2. The highest BCUT2D eigenvalue weighted by molar-refractivity contribution is 6.38. The van der Waals surface area contributed by atoms with E-state index >= 15 is 0 Å². The number of nitrogens with one attached hydrogen (secondary N) is 7. The van der Waals surface area contributed by atoms with E-state index in [1.54, 1.807) is 75.4 Å². The number of amides is 9. The lowest BCUT2D eigenvalue weighted by Crippen LogP contribution is -2.58. The Kier molecular flexibility index (Phi) is 22.2. The minimum Gasteiger partial charge on any atom is -0.497 e. The van der Waals surface area contributed by atoms with E-state index in [1.165, 1.54) is 49.6 Å². The van der Waals surface area contributed by atoms with E-state index in [2.05, 4.69) is 47.2 Å². The number of carbonyl (C=O) groups excluding carboxylic acids is 9. The Balaban J connectivity index is 1.36. The first-order valence-corrected chi connectivity index (χ1v) is 23.5. The largest absolute Gasteiger partial charge is 0.497 e. The van der Waals surface area contributed by atoms with Crippen molar-refractivity contribution in [1.29, 1.82) is 0 Å². The third kappa shape index (κ3) is 17.3. The van der Waals surface area contributed by atoms with Crippen LogP contribution in [0.25, 0.3) is 0 Å². The Bertz CT molecular complexity index is 2240. The van der Waals surface area contributed by atoms with Gasteiger partial charge >= 0.3 is 6.03 Å². The van der Waals surface area contributed by atoms with Crippen LogP contribution in [0.1, 0.15) is 94.2 Å². The molecule has 0 spiro atoms. The number of hydrogen-bond donors (Lipinski definition) is 7. The van der Waals surface area contributed by atoms with Crippen LogP contribution in [0.15, 0.2) is 73.2 Å². The first-order chi connectivity index (χ1) is 33.5. The molecule has 3 aromatic rings. The number of carbonyl (C=O) groups is 9. The lowest BCUT2D eigenvalue weighted by molar-refractivity contribution is -0.141. The van der Waals surface area contributed by atoms with Crippen molar-refractivity contribution in [2.45, 2.75) is 96.3 Å². The second-order valence-corrected chi connectivity index (χ2v) is 17.5. The van der Waals surface area contributed by atoms with Crippen molar-refractivity contribution in [3.05, 3.63) is 84.4 Å².